The van der Waals surface area contributed by atoms with Crippen molar-refractivity contribution >= 4 is 15.9 Å². The number of carbonyl (C=O) groups excluding carboxylic acids is 1. The van der Waals surface area contributed by atoms with E-state index in [1.54, 1.807) is 6.07 Å². The Balaban J connectivity index is 2.07. The van der Waals surface area contributed by atoms with E-state index in [4.69, 9.17) is 0 Å². The maximum atomic E-state index is 13.0. The Bertz CT molecular complexity index is 701. The maximum Gasteiger partial charge on any atom is 0.243 e. The number of benzene rings is 1. The molecule has 1 atom stereocenters. The van der Waals surface area contributed by atoms with E-state index in [2.05, 4.69) is 12.2 Å². The fourth-order valence-corrected chi connectivity index (χ4v) is 5.06. The van der Waals surface area contributed by atoms with E-state index in [9.17, 15) is 13.2 Å². The van der Waals surface area contributed by atoms with Crippen molar-refractivity contribution in [3.05, 3.63) is 29.3 Å². The van der Waals surface area contributed by atoms with E-state index in [0.29, 0.717) is 18.0 Å². The molecule has 1 N–H and O–H groups in total. The van der Waals surface area contributed by atoms with Crippen molar-refractivity contribution in [3.63, 3.8) is 0 Å². The van der Waals surface area contributed by atoms with Gasteiger partial charge in [-0.3, -0.25) is 4.79 Å². The average molecular weight is 367 g/mol. The van der Waals surface area contributed by atoms with Gasteiger partial charge in [-0.15, -0.1) is 0 Å². The van der Waals surface area contributed by atoms with Crippen LogP contribution in [0.5, 0.6) is 0 Å². The second kappa shape index (κ2) is 8.81. The van der Waals surface area contributed by atoms with Crippen LogP contribution in [0.3, 0.4) is 0 Å². The summed E-state index contributed by atoms with van der Waals surface area (Å²) >= 11 is 0. The van der Waals surface area contributed by atoms with E-state index in [0.717, 1.165) is 43.2 Å². The Kier molecular flexibility index (Phi) is 7.02. The lowest BCUT2D eigenvalue weighted by Gasteiger charge is -2.31. The molecule has 0 saturated carbocycles. The zero-order chi connectivity index (χ0) is 18.4. The van der Waals surface area contributed by atoms with Crippen LogP contribution in [-0.4, -0.2) is 38.3 Å². The number of hydrogen-bond donors (Lipinski definition) is 1. The second-order valence-corrected chi connectivity index (χ2v) is 8.88. The number of unbranched alkanes of at least 4 members (excludes halogenated alkanes) is 2. The summed E-state index contributed by atoms with van der Waals surface area (Å²) in [5.41, 5.74) is 1.67. The largest absolute Gasteiger partial charge is 0.356 e. The van der Waals surface area contributed by atoms with E-state index >= 15 is 0 Å². The minimum Gasteiger partial charge on any atom is -0.356 e. The van der Waals surface area contributed by atoms with Gasteiger partial charge in [0.05, 0.1) is 10.8 Å². The minimum absolute atomic E-state index is 0.0167. The normalized spacial score (nSPS) is 18.9. The molecule has 0 radical (unpaired) electrons. The summed E-state index contributed by atoms with van der Waals surface area (Å²) in [4.78, 5) is 12.7. The molecule has 1 aromatic carbocycles. The van der Waals surface area contributed by atoms with Crippen LogP contribution in [0.1, 0.15) is 50.2 Å². The maximum absolute atomic E-state index is 13.0. The molecule has 1 aliphatic rings. The minimum atomic E-state index is -3.56. The smallest absolute Gasteiger partial charge is 0.243 e. The van der Waals surface area contributed by atoms with Gasteiger partial charge >= 0.3 is 0 Å². The van der Waals surface area contributed by atoms with E-state index in [1.165, 1.54) is 4.31 Å². The van der Waals surface area contributed by atoms with Crippen LogP contribution in [0.25, 0.3) is 0 Å². The van der Waals surface area contributed by atoms with Crippen LogP contribution in [0, 0.1) is 19.8 Å². The summed E-state index contributed by atoms with van der Waals surface area (Å²) in [6, 6.07) is 5.47. The van der Waals surface area contributed by atoms with Gasteiger partial charge in [0.25, 0.3) is 0 Å². The molecule has 1 aliphatic heterocycles. The first-order chi connectivity index (χ1) is 11.9. The molecular weight excluding hydrogens is 336 g/mol. The average Bonchev–Trinajstić information content (AvgIpc) is 2.60. The lowest BCUT2D eigenvalue weighted by atomic mass is 9.99. The topological polar surface area (TPSA) is 66.5 Å². The monoisotopic (exact) mass is 366 g/mol. The Labute approximate surface area is 151 Å². The standard InChI is InChI=1S/C19H30N2O3S/c1-4-5-6-11-20-19(22)17-8-7-12-21(14-17)25(23,24)18-13-15(2)9-10-16(18)3/h9-10,13,17H,4-8,11-12,14H2,1-3H3,(H,20,22)/t17-/m1/s1. The Hall–Kier alpha value is -1.40. The second-order valence-electron chi connectivity index (χ2n) is 6.97. The van der Waals surface area contributed by atoms with Crippen molar-refractivity contribution in [1.82, 2.24) is 9.62 Å². The molecule has 2 rings (SSSR count). The number of carbonyl (C=O) groups is 1. The Morgan fingerprint density at radius 2 is 2.04 bits per heavy atom. The highest BCUT2D eigenvalue weighted by Gasteiger charge is 2.33. The van der Waals surface area contributed by atoms with E-state index in [-0.39, 0.29) is 18.4 Å². The van der Waals surface area contributed by atoms with Crippen molar-refractivity contribution in [2.24, 2.45) is 5.92 Å². The summed E-state index contributed by atoms with van der Waals surface area (Å²) in [7, 11) is -3.56. The molecule has 5 nitrogen and oxygen atoms in total. The van der Waals surface area contributed by atoms with Gasteiger partial charge < -0.3 is 5.32 Å². The van der Waals surface area contributed by atoms with Crippen LogP contribution < -0.4 is 5.32 Å². The first-order valence-electron chi connectivity index (χ1n) is 9.21. The molecule has 0 bridgehead atoms. The molecule has 0 aliphatic carbocycles. The number of piperidine rings is 1. The quantitative estimate of drug-likeness (QED) is 0.754. The Morgan fingerprint density at radius 3 is 2.76 bits per heavy atom. The van der Waals surface area contributed by atoms with Crippen molar-refractivity contribution in [2.75, 3.05) is 19.6 Å². The fraction of sp³-hybridized carbons (Fsp3) is 0.632. The number of nitrogens with zero attached hydrogens (tertiary/aromatic N) is 1. The number of hydrogen-bond acceptors (Lipinski definition) is 3. The van der Waals surface area contributed by atoms with Gasteiger partial charge in [0, 0.05) is 19.6 Å². The molecule has 1 aromatic rings. The van der Waals surface area contributed by atoms with Crippen molar-refractivity contribution in [1.29, 1.82) is 0 Å². The molecule has 1 amide bonds. The zero-order valence-electron chi connectivity index (χ0n) is 15.5. The number of nitrogens with one attached hydrogen (secondary N) is 1. The molecule has 0 unspecified atom stereocenters. The van der Waals surface area contributed by atoms with Crippen LogP contribution in [0.15, 0.2) is 23.1 Å². The lowest BCUT2D eigenvalue weighted by molar-refractivity contribution is -0.126. The predicted octanol–water partition coefficient (Wildman–Crippen LogP) is 3.01. The molecule has 25 heavy (non-hydrogen) atoms. The van der Waals surface area contributed by atoms with Gasteiger partial charge in [0.2, 0.25) is 15.9 Å². The lowest BCUT2D eigenvalue weighted by Crippen LogP contribution is -2.45. The van der Waals surface area contributed by atoms with Gasteiger partial charge in [0.15, 0.2) is 0 Å². The molecule has 140 valence electrons. The number of sulfonamides is 1. The van der Waals surface area contributed by atoms with E-state index < -0.39 is 10.0 Å². The Morgan fingerprint density at radius 1 is 1.28 bits per heavy atom. The fourth-order valence-electron chi connectivity index (χ4n) is 3.23. The first kappa shape index (κ1) is 19.9. The van der Waals surface area contributed by atoms with Gasteiger partial charge in [-0.25, -0.2) is 8.42 Å². The highest BCUT2D eigenvalue weighted by molar-refractivity contribution is 7.89. The zero-order valence-corrected chi connectivity index (χ0v) is 16.4. The summed E-state index contributed by atoms with van der Waals surface area (Å²) in [5.74, 6) is -0.271. The third-order valence-corrected chi connectivity index (χ3v) is 6.80. The third kappa shape index (κ3) is 5.05. The number of aryl methyl sites for hydroxylation is 2. The van der Waals surface area contributed by atoms with E-state index in [1.807, 2.05) is 26.0 Å². The van der Waals surface area contributed by atoms with Crippen molar-refractivity contribution in [2.45, 2.75) is 57.8 Å². The summed E-state index contributed by atoms with van der Waals surface area (Å²) in [6.07, 6.45) is 4.65. The SMILES string of the molecule is CCCCCNC(=O)[C@@H]1CCCN(S(=O)(=O)c2cc(C)ccc2C)C1. The molecular formula is C19H30N2O3S. The molecule has 1 saturated heterocycles. The van der Waals surface area contributed by atoms with Crippen LogP contribution in [-0.2, 0) is 14.8 Å². The third-order valence-electron chi connectivity index (χ3n) is 4.80. The van der Waals surface area contributed by atoms with Gasteiger partial charge in [-0.05, 0) is 50.3 Å². The molecule has 0 spiro atoms. The molecule has 1 fully saturated rings. The van der Waals surface area contributed by atoms with Gasteiger partial charge in [0.1, 0.15) is 0 Å². The highest BCUT2D eigenvalue weighted by atomic mass is 32.2. The van der Waals surface area contributed by atoms with Crippen molar-refractivity contribution in [3.8, 4) is 0 Å². The summed E-state index contributed by atoms with van der Waals surface area (Å²) in [5, 5.41) is 2.96. The highest BCUT2D eigenvalue weighted by Crippen LogP contribution is 2.26. The van der Waals surface area contributed by atoms with Crippen LogP contribution in [0.2, 0.25) is 0 Å². The van der Waals surface area contributed by atoms with Crippen LogP contribution >= 0.6 is 0 Å². The predicted molar refractivity (Wildman–Crippen MR) is 99.9 cm³/mol. The number of amides is 1. The summed E-state index contributed by atoms with van der Waals surface area (Å²) < 4.78 is 27.5. The molecule has 6 heteroatoms. The van der Waals surface area contributed by atoms with Gasteiger partial charge in [-0.1, -0.05) is 31.9 Å². The summed E-state index contributed by atoms with van der Waals surface area (Å²) in [6.45, 7) is 7.26. The molecule has 1 heterocycles. The van der Waals surface area contributed by atoms with Crippen molar-refractivity contribution < 1.29 is 13.2 Å². The van der Waals surface area contributed by atoms with Crippen LogP contribution in [0.4, 0.5) is 0 Å². The van der Waals surface area contributed by atoms with Gasteiger partial charge in [-0.2, -0.15) is 4.31 Å². The number of rotatable bonds is 7. The first-order valence-corrected chi connectivity index (χ1v) is 10.7. The molecule has 0 aromatic heterocycles.